The minimum absolute atomic E-state index is 0.213. The summed E-state index contributed by atoms with van der Waals surface area (Å²) in [5.41, 5.74) is 16.3. The van der Waals surface area contributed by atoms with Crippen LogP contribution in [-0.2, 0) is 12.8 Å². The maximum Gasteiger partial charge on any atom is 0.157 e. The quantitative estimate of drug-likeness (QED) is 0.437. The van der Waals surface area contributed by atoms with Crippen LogP contribution in [-0.4, -0.2) is 71.3 Å². The Morgan fingerprint density at radius 1 is 1.02 bits per heavy atom. The first-order valence-corrected chi connectivity index (χ1v) is 14.2. The van der Waals surface area contributed by atoms with Crippen LogP contribution in [0, 0.1) is 12.7 Å². The summed E-state index contributed by atoms with van der Waals surface area (Å²) in [6, 6.07) is 10.1. The second-order valence-electron chi connectivity index (χ2n) is 11.5. The molecule has 1 aliphatic carbocycles. The fraction of sp³-hybridized carbons (Fsp3) is 0.375. The van der Waals surface area contributed by atoms with E-state index in [1.165, 1.54) is 0 Å². The molecule has 2 aliphatic heterocycles. The third-order valence-corrected chi connectivity index (χ3v) is 7.87. The second-order valence-corrected chi connectivity index (χ2v) is 11.5. The fourth-order valence-electron chi connectivity index (χ4n) is 5.89. The summed E-state index contributed by atoms with van der Waals surface area (Å²) in [5, 5.41) is 3.45. The Labute approximate surface area is 235 Å². The van der Waals surface area contributed by atoms with Gasteiger partial charge in [0, 0.05) is 67.7 Å². The third kappa shape index (κ3) is 5.16. The lowest BCUT2D eigenvalue weighted by Gasteiger charge is -2.35. The largest absolute Gasteiger partial charge is 0.402 e. The van der Waals surface area contributed by atoms with Gasteiger partial charge < -0.3 is 25.8 Å². The molecule has 0 atom stereocenters. The molecule has 1 saturated heterocycles. The Kier molecular flexibility index (Phi) is 6.96. The zero-order valence-electron chi connectivity index (χ0n) is 23.8. The maximum absolute atomic E-state index is 15.6. The van der Waals surface area contributed by atoms with Gasteiger partial charge in [0.1, 0.15) is 17.2 Å². The van der Waals surface area contributed by atoms with Gasteiger partial charge in [-0.15, -0.1) is 0 Å². The summed E-state index contributed by atoms with van der Waals surface area (Å²) in [4.78, 5) is 18.3. The predicted molar refractivity (Wildman–Crippen MR) is 161 cm³/mol. The van der Waals surface area contributed by atoms with Crippen molar-refractivity contribution in [3.05, 3.63) is 87.9 Å². The molecule has 4 N–H and O–H groups in total. The van der Waals surface area contributed by atoms with Gasteiger partial charge in [0.2, 0.25) is 0 Å². The Balaban J connectivity index is 1.40. The summed E-state index contributed by atoms with van der Waals surface area (Å²) in [6.45, 7) is 10.7. The van der Waals surface area contributed by atoms with Gasteiger partial charge in [0.15, 0.2) is 5.82 Å². The summed E-state index contributed by atoms with van der Waals surface area (Å²) >= 11 is 0. The number of aromatic amines is 1. The highest BCUT2D eigenvalue weighted by atomic mass is 19.1. The third-order valence-electron chi connectivity index (χ3n) is 7.87. The zero-order valence-corrected chi connectivity index (χ0v) is 23.8. The lowest BCUT2D eigenvalue weighted by Crippen LogP contribution is -2.43. The molecule has 3 heterocycles. The molecule has 0 saturated carbocycles. The number of anilines is 1. The summed E-state index contributed by atoms with van der Waals surface area (Å²) < 4.78 is 15.6. The Morgan fingerprint density at radius 3 is 2.60 bits per heavy atom. The van der Waals surface area contributed by atoms with Gasteiger partial charge in [0.25, 0.3) is 0 Å². The molecule has 0 bridgehead atoms. The number of piperazine rings is 1. The van der Waals surface area contributed by atoms with Gasteiger partial charge in [-0.05, 0) is 87.3 Å². The molecule has 3 aliphatic rings. The number of nitrogens with one attached hydrogen (secondary N) is 2. The van der Waals surface area contributed by atoms with E-state index in [0.29, 0.717) is 30.8 Å². The topological polar surface area (TPSA) is 85.6 Å². The van der Waals surface area contributed by atoms with Crippen molar-refractivity contribution in [3.8, 4) is 11.1 Å². The number of aromatic nitrogens is 2. The van der Waals surface area contributed by atoms with E-state index in [0.717, 1.165) is 82.6 Å². The molecular weight excluding hydrogens is 501 g/mol. The van der Waals surface area contributed by atoms with Crippen molar-refractivity contribution in [1.29, 1.82) is 0 Å². The first-order valence-electron chi connectivity index (χ1n) is 14.2. The van der Waals surface area contributed by atoms with Crippen LogP contribution >= 0.6 is 0 Å². The van der Waals surface area contributed by atoms with Crippen LogP contribution in [0.4, 0.5) is 10.1 Å². The van der Waals surface area contributed by atoms with E-state index >= 15 is 4.39 Å². The lowest BCUT2D eigenvalue weighted by molar-refractivity contribution is 0.207. The van der Waals surface area contributed by atoms with Crippen LogP contribution < -0.4 is 11.1 Å². The van der Waals surface area contributed by atoms with Crippen LogP contribution in [0.5, 0.6) is 0 Å². The van der Waals surface area contributed by atoms with E-state index in [2.05, 4.69) is 53.1 Å². The molecule has 0 amide bonds. The van der Waals surface area contributed by atoms with Crippen molar-refractivity contribution in [2.75, 3.05) is 45.1 Å². The number of allylic oxidation sites excluding steroid dienone is 3. The number of benzene rings is 2. The van der Waals surface area contributed by atoms with E-state index in [9.17, 15) is 0 Å². The minimum atomic E-state index is -0.213. The number of nitrogens with two attached hydrogens (primary N) is 1. The number of fused-ring (bicyclic) bond motifs is 2. The normalized spacial score (nSPS) is 17.6. The maximum atomic E-state index is 15.6. The minimum Gasteiger partial charge on any atom is -0.402 e. The molecule has 6 rings (SSSR count). The smallest absolute Gasteiger partial charge is 0.157 e. The first-order chi connectivity index (χ1) is 19.2. The molecule has 1 aromatic heterocycles. The predicted octanol–water partition coefficient (Wildman–Crippen LogP) is 4.73. The SMILES string of the molecule is Cc1cc(NC(C)C)cc(-c2cc3c(cc2F)CCN=C3c2nc3c([nH]2)CC(N)=CC=C3N2CCN(C)CC2)c1. The number of nitrogens with zero attached hydrogens (tertiary/aromatic N) is 4. The van der Waals surface area contributed by atoms with Gasteiger partial charge in [-0.3, -0.25) is 4.99 Å². The fourth-order valence-corrected chi connectivity index (χ4v) is 5.89. The highest BCUT2D eigenvalue weighted by Crippen LogP contribution is 2.33. The number of rotatable bonds is 5. The molecule has 2 aromatic carbocycles. The van der Waals surface area contributed by atoms with Gasteiger partial charge >= 0.3 is 0 Å². The van der Waals surface area contributed by atoms with Crippen LogP contribution in [0.25, 0.3) is 16.8 Å². The van der Waals surface area contributed by atoms with Crippen LogP contribution in [0.1, 0.15) is 47.8 Å². The highest BCUT2D eigenvalue weighted by Gasteiger charge is 2.27. The van der Waals surface area contributed by atoms with Crippen LogP contribution in [0.2, 0.25) is 0 Å². The number of hydrogen-bond acceptors (Lipinski definition) is 6. The average molecular weight is 540 g/mol. The number of hydrogen-bond donors (Lipinski definition) is 3. The zero-order chi connectivity index (χ0) is 28.0. The Morgan fingerprint density at radius 2 is 1.82 bits per heavy atom. The Hall–Kier alpha value is -3.91. The summed E-state index contributed by atoms with van der Waals surface area (Å²) in [5.74, 6) is 0.499. The van der Waals surface area contributed by atoms with Crippen LogP contribution in [0.15, 0.2) is 53.2 Å². The number of likely N-dealkylation sites (N-methyl/N-ethyl adjacent to an activating group) is 1. The van der Waals surface area contributed by atoms with E-state index in [1.807, 2.05) is 31.2 Å². The molecule has 0 unspecified atom stereocenters. The molecule has 40 heavy (non-hydrogen) atoms. The van der Waals surface area contributed by atoms with Gasteiger partial charge in [0.05, 0.1) is 11.4 Å². The monoisotopic (exact) mass is 539 g/mol. The first kappa shape index (κ1) is 26.3. The molecular formula is C32H38FN7. The van der Waals surface area contributed by atoms with E-state index in [-0.39, 0.29) is 11.9 Å². The number of H-pyrrole nitrogens is 1. The van der Waals surface area contributed by atoms with Crippen molar-refractivity contribution >= 4 is 17.1 Å². The molecule has 7 nitrogen and oxygen atoms in total. The molecule has 0 radical (unpaired) electrons. The number of halogens is 1. The summed E-state index contributed by atoms with van der Waals surface area (Å²) in [6.07, 6.45) is 5.39. The highest BCUT2D eigenvalue weighted by molar-refractivity contribution is 6.13. The van der Waals surface area contributed by atoms with Gasteiger partial charge in [-0.2, -0.15) is 0 Å². The number of aryl methyl sites for hydroxylation is 1. The number of imidazole rings is 1. The average Bonchev–Trinajstić information content (AvgIpc) is 3.24. The molecule has 1 fully saturated rings. The molecule has 3 aromatic rings. The summed E-state index contributed by atoms with van der Waals surface area (Å²) in [7, 11) is 2.16. The van der Waals surface area contributed by atoms with E-state index in [4.69, 9.17) is 15.7 Å². The molecule has 208 valence electrons. The van der Waals surface area contributed by atoms with Gasteiger partial charge in [-0.25, -0.2) is 9.37 Å². The molecule has 8 heteroatoms. The van der Waals surface area contributed by atoms with E-state index in [1.54, 1.807) is 6.07 Å². The van der Waals surface area contributed by atoms with Crippen molar-refractivity contribution < 1.29 is 4.39 Å². The Bertz CT molecular complexity index is 1540. The second kappa shape index (κ2) is 10.6. The van der Waals surface area contributed by atoms with Crippen molar-refractivity contribution in [1.82, 2.24) is 19.8 Å². The standard InChI is InChI=1S/C32H38FN7/c1-19(2)36-24-14-20(3)13-22(15-24)25-18-26-21(16-27(25)33)7-8-35-30(26)32-37-28-17-23(34)5-6-29(31(28)38-32)40-11-9-39(4)10-12-40/h5-6,13-16,18-19,36H,7-12,17,34H2,1-4H3,(H,37,38). The van der Waals surface area contributed by atoms with Crippen molar-refractivity contribution in [3.63, 3.8) is 0 Å². The van der Waals surface area contributed by atoms with Crippen molar-refractivity contribution in [2.24, 2.45) is 10.7 Å². The van der Waals surface area contributed by atoms with Crippen molar-refractivity contribution in [2.45, 2.75) is 39.7 Å². The van der Waals surface area contributed by atoms with E-state index < -0.39 is 0 Å². The van der Waals surface area contributed by atoms with Crippen LogP contribution in [0.3, 0.4) is 0 Å². The molecule has 0 spiro atoms. The number of aliphatic imine (C=N–C) groups is 1. The lowest BCUT2D eigenvalue weighted by atomic mass is 9.91. The van der Waals surface area contributed by atoms with Gasteiger partial charge in [-0.1, -0.05) is 6.07 Å².